The minimum atomic E-state index is -3.76. The van der Waals surface area contributed by atoms with E-state index in [0.29, 0.717) is 22.2 Å². The van der Waals surface area contributed by atoms with E-state index in [4.69, 9.17) is 5.73 Å². The van der Waals surface area contributed by atoms with Crippen molar-refractivity contribution in [1.29, 1.82) is 0 Å². The quantitative estimate of drug-likeness (QED) is 0.553. The number of hydrazone groups is 1. The Morgan fingerprint density at radius 3 is 2.40 bits per heavy atom. The number of primary amides is 1. The van der Waals surface area contributed by atoms with E-state index in [0.717, 1.165) is 0 Å². The van der Waals surface area contributed by atoms with Crippen molar-refractivity contribution in [3.8, 4) is 0 Å². The largest absolute Gasteiger partial charge is 0.350 e. The van der Waals surface area contributed by atoms with E-state index in [9.17, 15) is 13.2 Å². The van der Waals surface area contributed by atoms with Gasteiger partial charge in [-0.3, -0.25) is 0 Å². The van der Waals surface area contributed by atoms with E-state index in [1.54, 1.807) is 61.5 Å². The molecule has 3 aromatic rings. The molecular weight excluding hydrogens is 340 g/mol. The molecule has 8 heteroatoms. The van der Waals surface area contributed by atoms with Crippen LogP contribution < -0.4 is 11.2 Å². The van der Waals surface area contributed by atoms with E-state index < -0.39 is 16.1 Å². The van der Waals surface area contributed by atoms with E-state index >= 15 is 0 Å². The number of benzene rings is 2. The number of hydrogen-bond acceptors (Lipinski definition) is 4. The van der Waals surface area contributed by atoms with Crippen LogP contribution in [0.1, 0.15) is 12.5 Å². The van der Waals surface area contributed by atoms with Gasteiger partial charge in [0.25, 0.3) is 10.0 Å². The van der Waals surface area contributed by atoms with Crippen molar-refractivity contribution in [1.82, 2.24) is 9.40 Å². The number of carbonyl (C=O) groups excluding carboxylic acids is 1. The standard InChI is InChI=1S/C17H16N4O3S/c1-12(19-20-17(18)22)15-11-21(16-10-6-5-9-14(15)16)25(23,24)13-7-3-2-4-8-13/h2-11H,1H3,(H3,18,20,22)/b19-12-. The third-order valence-electron chi connectivity index (χ3n) is 3.70. The van der Waals surface area contributed by atoms with E-state index in [1.807, 2.05) is 0 Å². The first-order chi connectivity index (χ1) is 11.9. The lowest BCUT2D eigenvalue weighted by atomic mass is 10.1. The number of nitrogens with one attached hydrogen (secondary N) is 1. The summed E-state index contributed by atoms with van der Waals surface area (Å²) >= 11 is 0. The highest BCUT2D eigenvalue weighted by Gasteiger charge is 2.21. The number of para-hydroxylation sites is 1. The maximum atomic E-state index is 13.0. The molecule has 0 saturated carbocycles. The van der Waals surface area contributed by atoms with Crippen LogP contribution >= 0.6 is 0 Å². The minimum absolute atomic E-state index is 0.187. The Morgan fingerprint density at radius 1 is 1.08 bits per heavy atom. The van der Waals surface area contributed by atoms with Gasteiger partial charge < -0.3 is 5.73 Å². The second kappa shape index (κ2) is 6.40. The fourth-order valence-electron chi connectivity index (χ4n) is 2.54. The van der Waals surface area contributed by atoms with Crippen molar-refractivity contribution in [2.45, 2.75) is 11.8 Å². The minimum Gasteiger partial charge on any atom is -0.350 e. The topological polar surface area (TPSA) is 107 Å². The molecule has 2 amide bonds. The Balaban J connectivity index is 2.21. The van der Waals surface area contributed by atoms with Gasteiger partial charge in [0.1, 0.15) is 0 Å². The molecule has 0 radical (unpaired) electrons. The number of nitrogens with zero attached hydrogens (tertiary/aromatic N) is 2. The highest BCUT2D eigenvalue weighted by atomic mass is 32.2. The highest BCUT2D eigenvalue weighted by Crippen LogP contribution is 2.26. The number of fused-ring (bicyclic) bond motifs is 1. The number of hydrogen-bond donors (Lipinski definition) is 2. The van der Waals surface area contributed by atoms with Crippen LogP contribution in [0.5, 0.6) is 0 Å². The number of carbonyl (C=O) groups is 1. The second-order valence-electron chi connectivity index (χ2n) is 5.35. The third-order valence-corrected chi connectivity index (χ3v) is 5.39. The van der Waals surface area contributed by atoms with Gasteiger partial charge in [-0.1, -0.05) is 36.4 Å². The van der Waals surface area contributed by atoms with Gasteiger partial charge in [-0.15, -0.1) is 0 Å². The number of nitrogens with two attached hydrogens (primary N) is 1. The lowest BCUT2D eigenvalue weighted by molar-refractivity contribution is 0.249. The monoisotopic (exact) mass is 356 g/mol. The number of urea groups is 1. The maximum absolute atomic E-state index is 13.0. The molecule has 3 rings (SSSR count). The molecule has 25 heavy (non-hydrogen) atoms. The first-order valence-corrected chi connectivity index (χ1v) is 8.86. The predicted octanol–water partition coefficient (Wildman–Crippen LogP) is 2.27. The van der Waals surface area contributed by atoms with Crippen LogP contribution in [-0.2, 0) is 10.0 Å². The fraction of sp³-hybridized carbons (Fsp3) is 0.0588. The number of rotatable bonds is 4. The smallest absolute Gasteiger partial charge is 0.332 e. The fourth-order valence-corrected chi connectivity index (χ4v) is 3.93. The zero-order chi connectivity index (χ0) is 18.0. The Bertz CT molecular complexity index is 1070. The number of aromatic nitrogens is 1. The van der Waals surface area contributed by atoms with Crippen LogP contribution in [0.2, 0.25) is 0 Å². The maximum Gasteiger partial charge on any atom is 0.332 e. The first-order valence-electron chi connectivity index (χ1n) is 7.42. The molecule has 0 aliphatic heterocycles. The summed E-state index contributed by atoms with van der Waals surface area (Å²) in [7, 11) is -3.76. The van der Waals surface area contributed by atoms with E-state index in [2.05, 4.69) is 10.5 Å². The number of amides is 2. The SMILES string of the molecule is C/C(=N/NC(N)=O)c1cn(S(=O)(=O)c2ccccc2)c2ccccc12. The van der Waals surface area contributed by atoms with Gasteiger partial charge >= 0.3 is 6.03 Å². The van der Waals surface area contributed by atoms with Gasteiger partial charge in [-0.25, -0.2) is 22.6 Å². The van der Waals surface area contributed by atoms with E-state index in [-0.39, 0.29) is 4.90 Å². The van der Waals surface area contributed by atoms with Gasteiger partial charge in [0.2, 0.25) is 0 Å². The first kappa shape index (κ1) is 16.7. The zero-order valence-corrected chi connectivity index (χ0v) is 14.2. The van der Waals surface area contributed by atoms with Gasteiger partial charge in [0.05, 0.1) is 16.1 Å². The summed E-state index contributed by atoms with van der Waals surface area (Å²) in [6.45, 7) is 1.66. The van der Waals surface area contributed by atoms with Crippen molar-refractivity contribution in [3.63, 3.8) is 0 Å². The molecule has 0 atom stereocenters. The van der Waals surface area contributed by atoms with Crippen molar-refractivity contribution in [2.24, 2.45) is 10.8 Å². The Labute approximate surface area is 144 Å². The highest BCUT2D eigenvalue weighted by molar-refractivity contribution is 7.90. The summed E-state index contributed by atoms with van der Waals surface area (Å²) < 4.78 is 27.2. The molecule has 3 N–H and O–H groups in total. The van der Waals surface area contributed by atoms with Gasteiger partial charge in [0.15, 0.2) is 0 Å². The molecule has 1 aromatic heterocycles. The van der Waals surface area contributed by atoms with Gasteiger partial charge in [-0.05, 0) is 25.1 Å². The lowest BCUT2D eigenvalue weighted by Gasteiger charge is -2.07. The molecule has 1 heterocycles. The average Bonchev–Trinajstić information content (AvgIpc) is 3.01. The molecule has 0 aliphatic carbocycles. The summed E-state index contributed by atoms with van der Waals surface area (Å²) in [4.78, 5) is 11.0. The molecule has 0 unspecified atom stereocenters. The third kappa shape index (κ3) is 3.11. The summed E-state index contributed by atoms with van der Waals surface area (Å²) in [5, 5.41) is 4.60. The molecule has 7 nitrogen and oxygen atoms in total. The molecule has 2 aromatic carbocycles. The molecular formula is C17H16N4O3S. The summed E-state index contributed by atoms with van der Waals surface area (Å²) in [5.74, 6) is 0. The lowest BCUT2D eigenvalue weighted by Crippen LogP contribution is -2.25. The van der Waals surface area contributed by atoms with Crippen molar-refractivity contribution in [2.75, 3.05) is 0 Å². The Kier molecular flexibility index (Phi) is 4.28. The van der Waals surface area contributed by atoms with Crippen LogP contribution in [0.4, 0.5) is 4.79 Å². The Hall–Kier alpha value is -3.13. The molecule has 0 aliphatic rings. The normalized spacial score (nSPS) is 12.3. The molecule has 0 saturated heterocycles. The van der Waals surface area contributed by atoms with Crippen molar-refractivity contribution < 1.29 is 13.2 Å². The van der Waals surface area contributed by atoms with Crippen LogP contribution in [0.3, 0.4) is 0 Å². The molecule has 128 valence electrons. The molecule has 0 spiro atoms. The van der Waals surface area contributed by atoms with Crippen molar-refractivity contribution in [3.05, 3.63) is 66.4 Å². The van der Waals surface area contributed by atoms with Gasteiger partial charge in [-0.2, -0.15) is 5.10 Å². The van der Waals surface area contributed by atoms with Crippen LogP contribution in [0.15, 0.2) is 70.8 Å². The predicted molar refractivity (Wildman–Crippen MR) is 95.9 cm³/mol. The molecule has 0 bridgehead atoms. The van der Waals surface area contributed by atoms with Gasteiger partial charge in [0, 0.05) is 17.1 Å². The summed E-state index contributed by atoms with van der Waals surface area (Å²) in [5.41, 5.74) is 8.73. The van der Waals surface area contributed by atoms with Crippen molar-refractivity contribution >= 4 is 32.7 Å². The van der Waals surface area contributed by atoms with Crippen LogP contribution in [-0.4, -0.2) is 24.1 Å². The Morgan fingerprint density at radius 2 is 1.72 bits per heavy atom. The second-order valence-corrected chi connectivity index (χ2v) is 7.16. The molecule has 0 fully saturated rings. The average molecular weight is 356 g/mol. The summed E-state index contributed by atoms with van der Waals surface area (Å²) in [6, 6.07) is 14.5. The van der Waals surface area contributed by atoms with Crippen LogP contribution in [0, 0.1) is 0 Å². The van der Waals surface area contributed by atoms with E-state index in [1.165, 1.54) is 10.2 Å². The van der Waals surface area contributed by atoms with Crippen LogP contribution in [0.25, 0.3) is 10.9 Å². The zero-order valence-electron chi connectivity index (χ0n) is 13.4. The summed E-state index contributed by atoms with van der Waals surface area (Å²) in [6.07, 6.45) is 1.49.